The zero-order valence-corrected chi connectivity index (χ0v) is 20.1. The molecule has 0 bridgehead atoms. The number of para-hydroxylation sites is 1. The SMILES string of the molecule is Cc1cc(=O)n(-c2ccccc2)c(SCC(=O)Nc2ccc(S(=O)(=O)N3CCOCC3)cc2)n1. The van der Waals surface area contributed by atoms with Crippen LogP contribution in [0.5, 0.6) is 0 Å². The fourth-order valence-corrected chi connectivity index (χ4v) is 5.73. The summed E-state index contributed by atoms with van der Waals surface area (Å²) in [4.78, 5) is 29.7. The Bertz CT molecular complexity index is 1320. The van der Waals surface area contributed by atoms with E-state index in [0.29, 0.717) is 48.5 Å². The lowest BCUT2D eigenvalue weighted by molar-refractivity contribution is -0.113. The maximum absolute atomic E-state index is 12.7. The van der Waals surface area contributed by atoms with E-state index in [1.165, 1.54) is 27.1 Å². The van der Waals surface area contributed by atoms with Gasteiger partial charge in [-0.2, -0.15) is 4.31 Å². The Morgan fingerprint density at radius 2 is 1.76 bits per heavy atom. The van der Waals surface area contributed by atoms with Crippen molar-refractivity contribution < 1.29 is 17.9 Å². The molecule has 2 aromatic carbocycles. The van der Waals surface area contributed by atoms with Gasteiger partial charge in [0.25, 0.3) is 5.56 Å². The number of ether oxygens (including phenoxy) is 1. The number of carbonyl (C=O) groups excluding carboxylic acids is 1. The highest BCUT2D eigenvalue weighted by atomic mass is 32.2. The minimum Gasteiger partial charge on any atom is -0.379 e. The van der Waals surface area contributed by atoms with E-state index in [1.807, 2.05) is 18.2 Å². The van der Waals surface area contributed by atoms with Crippen LogP contribution in [0, 0.1) is 6.92 Å². The summed E-state index contributed by atoms with van der Waals surface area (Å²) in [6.45, 7) is 3.11. The van der Waals surface area contributed by atoms with Crippen molar-refractivity contribution in [3.05, 3.63) is 76.7 Å². The van der Waals surface area contributed by atoms with Crippen molar-refractivity contribution in [1.82, 2.24) is 13.9 Å². The summed E-state index contributed by atoms with van der Waals surface area (Å²) in [7, 11) is -3.60. The number of morpholine rings is 1. The zero-order valence-electron chi connectivity index (χ0n) is 18.5. The van der Waals surface area contributed by atoms with Crippen molar-refractivity contribution in [2.45, 2.75) is 17.0 Å². The first-order chi connectivity index (χ1) is 16.3. The van der Waals surface area contributed by atoms with Gasteiger partial charge in [0.2, 0.25) is 15.9 Å². The first-order valence-electron chi connectivity index (χ1n) is 10.6. The van der Waals surface area contributed by atoms with Gasteiger partial charge in [-0.05, 0) is 43.3 Å². The molecule has 2 heterocycles. The molecule has 9 nitrogen and oxygen atoms in total. The lowest BCUT2D eigenvalue weighted by Gasteiger charge is -2.26. The topological polar surface area (TPSA) is 111 Å². The fourth-order valence-electron chi connectivity index (χ4n) is 3.46. The largest absolute Gasteiger partial charge is 0.379 e. The lowest BCUT2D eigenvalue weighted by atomic mass is 10.3. The molecule has 4 rings (SSSR count). The number of aryl methyl sites for hydroxylation is 1. The molecule has 1 fully saturated rings. The second-order valence-corrected chi connectivity index (χ2v) is 10.4. The Labute approximate surface area is 201 Å². The molecule has 0 aliphatic carbocycles. The van der Waals surface area contributed by atoms with Crippen molar-refractivity contribution in [3.63, 3.8) is 0 Å². The van der Waals surface area contributed by atoms with E-state index in [4.69, 9.17) is 4.74 Å². The molecule has 0 saturated carbocycles. The number of aromatic nitrogens is 2. The molecule has 0 spiro atoms. The van der Waals surface area contributed by atoms with Gasteiger partial charge in [0.1, 0.15) is 0 Å². The van der Waals surface area contributed by atoms with E-state index < -0.39 is 10.0 Å². The van der Waals surface area contributed by atoms with Crippen molar-refractivity contribution in [2.24, 2.45) is 0 Å². The van der Waals surface area contributed by atoms with Crippen LogP contribution in [0.15, 0.2) is 75.5 Å². The van der Waals surface area contributed by atoms with Crippen LogP contribution in [0.2, 0.25) is 0 Å². The van der Waals surface area contributed by atoms with Crippen molar-refractivity contribution >= 4 is 33.4 Å². The number of amides is 1. The number of thioether (sulfide) groups is 1. The summed E-state index contributed by atoms with van der Waals surface area (Å²) < 4.78 is 33.5. The molecule has 1 aliphatic heterocycles. The molecular formula is C23H24N4O5S2. The third-order valence-corrected chi connectivity index (χ3v) is 7.96. The van der Waals surface area contributed by atoms with Crippen LogP contribution in [0.25, 0.3) is 5.69 Å². The number of hydrogen-bond donors (Lipinski definition) is 1. The zero-order chi connectivity index (χ0) is 24.1. The predicted octanol–water partition coefficient (Wildman–Crippen LogP) is 2.29. The van der Waals surface area contributed by atoms with Gasteiger partial charge >= 0.3 is 0 Å². The molecule has 0 atom stereocenters. The first kappa shape index (κ1) is 24.1. The third kappa shape index (κ3) is 5.55. The van der Waals surface area contributed by atoms with Gasteiger partial charge in [0, 0.05) is 30.5 Å². The predicted molar refractivity (Wildman–Crippen MR) is 130 cm³/mol. The number of rotatable bonds is 7. The minimum atomic E-state index is -3.60. The molecule has 34 heavy (non-hydrogen) atoms. The minimum absolute atomic E-state index is 0.0244. The molecule has 1 amide bonds. The number of hydrogen-bond acceptors (Lipinski definition) is 7. The molecule has 0 unspecified atom stereocenters. The van der Waals surface area contributed by atoms with Gasteiger partial charge in [-0.25, -0.2) is 13.4 Å². The molecule has 0 radical (unpaired) electrons. The summed E-state index contributed by atoms with van der Waals surface area (Å²) in [5.41, 5.74) is 1.49. The second kappa shape index (κ2) is 10.5. The van der Waals surface area contributed by atoms with Gasteiger partial charge in [-0.3, -0.25) is 14.2 Å². The quantitative estimate of drug-likeness (QED) is 0.391. The molecule has 1 aromatic heterocycles. The van der Waals surface area contributed by atoms with Crippen LogP contribution in [-0.4, -0.2) is 60.2 Å². The third-order valence-electron chi connectivity index (χ3n) is 5.11. The average molecular weight is 501 g/mol. The molecule has 3 aromatic rings. The number of carbonyl (C=O) groups is 1. The van der Waals surface area contributed by atoms with Crippen molar-refractivity contribution in [3.8, 4) is 5.69 Å². The standard InChI is InChI=1S/C23H24N4O5S2/c1-17-15-22(29)27(19-5-3-2-4-6-19)23(24-17)33-16-21(28)25-18-7-9-20(10-8-18)34(30,31)26-11-13-32-14-12-26/h2-10,15H,11-14,16H2,1H3,(H,25,28). The average Bonchev–Trinajstić information content (AvgIpc) is 2.84. The van der Waals surface area contributed by atoms with Gasteiger partial charge < -0.3 is 10.1 Å². The van der Waals surface area contributed by atoms with E-state index in [2.05, 4.69) is 10.3 Å². The summed E-state index contributed by atoms with van der Waals surface area (Å²) in [5.74, 6) is -0.277. The molecule has 178 valence electrons. The highest BCUT2D eigenvalue weighted by Crippen LogP contribution is 2.21. The van der Waals surface area contributed by atoms with Crippen molar-refractivity contribution in [2.75, 3.05) is 37.4 Å². The van der Waals surface area contributed by atoms with Gasteiger partial charge in [0.15, 0.2) is 5.16 Å². The molecule has 1 N–H and O–H groups in total. The van der Waals surface area contributed by atoms with Crippen molar-refractivity contribution in [1.29, 1.82) is 0 Å². The van der Waals surface area contributed by atoms with E-state index in [-0.39, 0.29) is 22.1 Å². The maximum Gasteiger partial charge on any atom is 0.258 e. The van der Waals surface area contributed by atoms with Gasteiger partial charge in [-0.1, -0.05) is 30.0 Å². The maximum atomic E-state index is 12.7. The van der Waals surface area contributed by atoms with E-state index in [9.17, 15) is 18.0 Å². The Balaban J connectivity index is 1.43. The lowest BCUT2D eigenvalue weighted by Crippen LogP contribution is -2.40. The van der Waals surface area contributed by atoms with E-state index >= 15 is 0 Å². The number of anilines is 1. The van der Waals surface area contributed by atoms with Crippen LogP contribution in [-0.2, 0) is 19.6 Å². The number of nitrogens with one attached hydrogen (secondary N) is 1. The highest BCUT2D eigenvalue weighted by Gasteiger charge is 2.26. The van der Waals surface area contributed by atoms with Crippen LogP contribution in [0.4, 0.5) is 5.69 Å². The van der Waals surface area contributed by atoms with Gasteiger partial charge in [-0.15, -0.1) is 0 Å². The monoisotopic (exact) mass is 500 g/mol. The molecule has 1 saturated heterocycles. The van der Waals surface area contributed by atoms with Crippen LogP contribution < -0.4 is 10.9 Å². The van der Waals surface area contributed by atoms with E-state index in [0.717, 1.165) is 11.8 Å². The Kier molecular flexibility index (Phi) is 7.47. The smallest absolute Gasteiger partial charge is 0.258 e. The van der Waals surface area contributed by atoms with Crippen LogP contribution in [0.1, 0.15) is 5.69 Å². The summed E-state index contributed by atoms with van der Waals surface area (Å²) in [6.07, 6.45) is 0. The van der Waals surface area contributed by atoms with Crippen LogP contribution in [0.3, 0.4) is 0 Å². The Morgan fingerprint density at radius 3 is 2.44 bits per heavy atom. The summed E-state index contributed by atoms with van der Waals surface area (Å²) in [5, 5.41) is 3.17. The Hall–Kier alpha value is -2.99. The second-order valence-electron chi connectivity index (χ2n) is 7.57. The number of sulfonamides is 1. The summed E-state index contributed by atoms with van der Waals surface area (Å²) in [6, 6.07) is 16.6. The molecular weight excluding hydrogens is 476 g/mol. The normalized spacial score (nSPS) is 14.6. The number of nitrogens with zero attached hydrogens (tertiary/aromatic N) is 3. The summed E-state index contributed by atoms with van der Waals surface area (Å²) >= 11 is 1.15. The highest BCUT2D eigenvalue weighted by molar-refractivity contribution is 7.99. The Morgan fingerprint density at radius 1 is 1.09 bits per heavy atom. The number of benzene rings is 2. The van der Waals surface area contributed by atoms with Gasteiger partial charge in [0.05, 0.1) is 29.5 Å². The first-order valence-corrected chi connectivity index (χ1v) is 13.0. The fraction of sp³-hybridized carbons (Fsp3) is 0.261. The molecule has 1 aliphatic rings. The van der Waals surface area contributed by atoms with E-state index in [1.54, 1.807) is 31.2 Å². The van der Waals surface area contributed by atoms with Crippen LogP contribution >= 0.6 is 11.8 Å². The molecule has 11 heteroatoms.